The van der Waals surface area contributed by atoms with Crippen LogP contribution in [0.3, 0.4) is 0 Å². The maximum absolute atomic E-state index is 12.8. The largest absolute Gasteiger partial charge is 0.361 e. The van der Waals surface area contributed by atoms with Gasteiger partial charge in [-0.2, -0.15) is 0 Å². The van der Waals surface area contributed by atoms with Gasteiger partial charge in [-0.1, -0.05) is 11.6 Å². The molecule has 3 amide bonds. The highest BCUT2D eigenvalue weighted by atomic mass is 16.2. The number of carbonyl (C=O) groups is 3. The smallest absolute Gasteiger partial charge is 0.251 e. The van der Waals surface area contributed by atoms with Crippen LogP contribution in [0.1, 0.15) is 24.5 Å². The van der Waals surface area contributed by atoms with Gasteiger partial charge in [0.05, 0.1) is 18.2 Å². The fourth-order valence-electron chi connectivity index (χ4n) is 3.84. The third-order valence-corrected chi connectivity index (χ3v) is 5.30. The van der Waals surface area contributed by atoms with E-state index in [4.69, 9.17) is 0 Å². The van der Waals surface area contributed by atoms with Gasteiger partial charge in [-0.15, -0.1) is 0 Å². The molecular formula is C23H24N4O3. The summed E-state index contributed by atoms with van der Waals surface area (Å²) >= 11 is 0. The molecule has 0 saturated carbocycles. The lowest BCUT2D eigenvalue weighted by Crippen LogP contribution is -2.39. The minimum atomic E-state index is -0.528. The van der Waals surface area contributed by atoms with Crippen molar-refractivity contribution in [3.63, 3.8) is 0 Å². The molecule has 7 heteroatoms. The third kappa shape index (κ3) is 3.97. The summed E-state index contributed by atoms with van der Waals surface area (Å²) in [7, 11) is 0. The average Bonchev–Trinajstić information content (AvgIpc) is 3.22. The molecule has 0 spiro atoms. The van der Waals surface area contributed by atoms with Crippen LogP contribution in [0.15, 0.2) is 48.7 Å². The van der Waals surface area contributed by atoms with Gasteiger partial charge in [0, 0.05) is 36.3 Å². The molecule has 1 atom stereocenters. The van der Waals surface area contributed by atoms with Crippen molar-refractivity contribution in [3.05, 3.63) is 59.8 Å². The molecule has 30 heavy (non-hydrogen) atoms. The van der Waals surface area contributed by atoms with Gasteiger partial charge < -0.3 is 15.6 Å². The number of hydrogen-bond acceptors (Lipinski definition) is 4. The Morgan fingerprint density at radius 1 is 1.17 bits per heavy atom. The lowest BCUT2D eigenvalue weighted by Gasteiger charge is -2.16. The molecule has 1 fully saturated rings. The van der Waals surface area contributed by atoms with Crippen molar-refractivity contribution in [2.75, 3.05) is 16.8 Å². The number of H-pyrrole nitrogens is 1. The first-order valence-electron chi connectivity index (χ1n) is 9.97. The van der Waals surface area contributed by atoms with Gasteiger partial charge in [-0.05, 0) is 55.3 Å². The predicted octanol–water partition coefficient (Wildman–Crippen LogP) is 2.90. The first-order chi connectivity index (χ1) is 14.4. The van der Waals surface area contributed by atoms with Crippen LogP contribution in [-0.4, -0.2) is 35.3 Å². The third-order valence-electron chi connectivity index (χ3n) is 5.30. The van der Waals surface area contributed by atoms with E-state index in [1.807, 2.05) is 6.20 Å². The lowest BCUT2D eigenvalue weighted by molar-refractivity contribution is -0.121. The van der Waals surface area contributed by atoms with Crippen LogP contribution in [0, 0.1) is 6.92 Å². The Labute approximate surface area is 174 Å². The van der Waals surface area contributed by atoms with Crippen LogP contribution >= 0.6 is 0 Å². The molecule has 1 aliphatic heterocycles. The Morgan fingerprint density at radius 3 is 2.67 bits per heavy atom. The fraction of sp³-hybridized carbons (Fsp3) is 0.261. The van der Waals surface area contributed by atoms with Gasteiger partial charge in [0.15, 0.2) is 0 Å². The minimum absolute atomic E-state index is 0.138. The van der Waals surface area contributed by atoms with Gasteiger partial charge in [0.25, 0.3) is 5.91 Å². The topological polar surface area (TPSA) is 94.3 Å². The van der Waals surface area contributed by atoms with Crippen LogP contribution in [0.4, 0.5) is 11.4 Å². The van der Waals surface area contributed by atoms with E-state index < -0.39 is 6.04 Å². The number of carbonyl (C=O) groups excluding carboxylic acids is 3. The minimum Gasteiger partial charge on any atom is -0.361 e. The van der Waals surface area contributed by atoms with Gasteiger partial charge in [-0.25, -0.2) is 4.90 Å². The summed E-state index contributed by atoms with van der Waals surface area (Å²) in [5.41, 5.74) is 4.61. The number of aromatic amines is 1. The number of nitrogens with zero attached hydrogens (tertiary/aromatic N) is 1. The van der Waals surface area contributed by atoms with Crippen LogP contribution in [0.2, 0.25) is 0 Å². The highest BCUT2D eigenvalue weighted by Gasteiger charge is 2.39. The molecule has 2 aromatic carbocycles. The first kappa shape index (κ1) is 19.8. The van der Waals surface area contributed by atoms with Gasteiger partial charge >= 0.3 is 0 Å². The zero-order valence-corrected chi connectivity index (χ0v) is 17.0. The summed E-state index contributed by atoms with van der Waals surface area (Å²) < 4.78 is 0. The number of anilines is 2. The second-order valence-corrected chi connectivity index (χ2v) is 7.62. The molecule has 4 rings (SSSR count). The van der Waals surface area contributed by atoms with Gasteiger partial charge in [0.1, 0.15) is 0 Å². The Kier molecular flexibility index (Phi) is 5.37. The van der Waals surface area contributed by atoms with Crippen molar-refractivity contribution >= 4 is 40.0 Å². The Balaban J connectivity index is 1.39. The number of nitrogens with one attached hydrogen (secondary N) is 3. The second kappa shape index (κ2) is 8.12. The summed E-state index contributed by atoms with van der Waals surface area (Å²) in [6.07, 6.45) is 2.89. The molecule has 154 valence electrons. The molecule has 1 saturated heterocycles. The van der Waals surface area contributed by atoms with E-state index in [0.717, 1.165) is 11.9 Å². The molecule has 7 nitrogen and oxygen atoms in total. The monoisotopic (exact) mass is 404 g/mol. The maximum atomic E-state index is 12.8. The summed E-state index contributed by atoms with van der Waals surface area (Å²) in [5, 5.41) is 7.09. The van der Waals surface area contributed by atoms with Crippen LogP contribution in [-0.2, 0) is 20.8 Å². The normalized spacial score (nSPS) is 16.5. The summed E-state index contributed by atoms with van der Waals surface area (Å²) in [4.78, 5) is 40.9. The Morgan fingerprint density at radius 2 is 1.93 bits per heavy atom. The van der Waals surface area contributed by atoms with Crippen molar-refractivity contribution in [2.24, 2.45) is 0 Å². The average molecular weight is 404 g/mol. The van der Waals surface area contributed by atoms with E-state index in [2.05, 4.69) is 40.7 Å². The summed E-state index contributed by atoms with van der Waals surface area (Å²) in [6, 6.07) is 12.4. The van der Waals surface area contributed by atoms with Crippen LogP contribution in [0.25, 0.3) is 10.9 Å². The van der Waals surface area contributed by atoms with E-state index in [-0.39, 0.29) is 24.1 Å². The molecule has 0 radical (unpaired) electrons. The highest BCUT2D eigenvalue weighted by molar-refractivity contribution is 6.22. The number of aryl methyl sites for hydroxylation is 1. The predicted molar refractivity (Wildman–Crippen MR) is 116 cm³/mol. The number of hydrogen-bond donors (Lipinski definition) is 3. The number of imide groups is 1. The molecule has 0 unspecified atom stereocenters. The number of aromatic nitrogens is 1. The number of fused-ring (bicyclic) bond motifs is 1. The number of amides is 3. The van der Waals surface area contributed by atoms with Crippen molar-refractivity contribution in [1.82, 2.24) is 10.3 Å². The van der Waals surface area contributed by atoms with Crippen LogP contribution < -0.4 is 15.5 Å². The molecule has 0 bridgehead atoms. The van der Waals surface area contributed by atoms with Crippen molar-refractivity contribution < 1.29 is 14.4 Å². The zero-order chi connectivity index (χ0) is 21.3. The van der Waals surface area contributed by atoms with E-state index in [1.54, 1.807) is 24.3 Å². The maximum Gasteiger partial charge on any atom is 0.251 e. The Hall–Kier alpha value is -3.45. The van der Waals surface area contributed by atoms with Gasteiger partial charge in [0.2, 0.25) is 11.8 Å². The standard InChI is InChI=1S/C23H24N4O3/c1-14-3-8-20-19(11-14)16(13-25-20)9-10-24-21-12-22(29)27(23(21)30)18-6-4-17(5-7-18)26-15(2)28/h3-8,11,13,21,24-25H,9-10,12H2,1-2H3,(H,26,28)/t21-/m1/s1. The SMILES string of the molecule is CC(=O)Nc1ccc(N2C(=O)C[C@@H](NCCc3c[nH]c4ccc(C)cc34)C2=O)cc1. The lowest BCUT2D eigenvalue weighted by atomic mass is 10.1. The summed E-state index contributed by atoms with van der Waals surface area (Å²) in [5.74, 6) is -0.653. The van der Waals surface area contributed by atoms with E-state index >= 15 is 0 Å². The van der Waals surface area contributed by atoms with E-state index in [1.165, 1.54) is 28.3 Å². The highest BCUT2D eigenvalue weighted by Crippen LogP contribution is 2.25. The van der Waals surface area contributed by atoms with Crippen molar-refractivity contribution in [3.8, 4) is 0 Å². The molecule has 3 aromatic rings. The van der Waals surface area contributed by atoms with Crippen molar-refractivity contribution in [1.29, 1.82) is 0 Å². The summed E-state index contributed by atoms with van der Waals surface area (Å²) in [6.45, 7) is 4.09. The van der Waals surface area contributed by atoms with Crippen molar-refractivity contribution in [2.45, 2.75) is 32.7 Å². The molecule has 2 heterocycles. The number of rotatable bonds is 6. The molecule has 0 aliphatic carbocycles. The van der Waals surface area contributed by atoms with E-state index in [9.17, 15) is 14.4 Å². The molecule has 1 aliphatic rings. The van der Waals surface area contributed by atoms with E-state index in [0.29, 0.717) is 17.9 Å². The quantitative estimate of drug-likeness (QED) is 0.551. The first-order valence-corrected chi connectivity index (χ1v) is 9.97. The molecule has 3 N–H and O–H groups in total. The molecular weight excluding hydrogens is 380 g/mol. The zero-order valence-electron chi connectivity index (χ0n) is 17.0. The fourth-order valence-corrected chi connectivity index (χ4v) is 3.84. The number of benzene rings is 2. The second-order valence-electron chi connectivity index (χ2n) is 7.62. The van der Waals surface area contributed by atoms with Gasteiger partial charge in [-0.3, -0.25) is 14.4 Å². The Bertz CT molecular complexity index is 1120. The van der Waals surface area contributed by atoms with Crippen LogP contribution in [0.5, 0.6) is 0 Å². The molecule has 1 aromatic heterocycles.